The standard InChI is InChI=1S/C17H20N2O3/c1-12(18-21)15-8-9-16(22-15)14-6-4-13(5-7-14)11-19-10-2-3-17(19)20/h4-9,17-18,20-21H,1-3,10-11H2/t17-/m1/s1. The molecule has 1 aliphatic rings. The van der Waals surface area contributed by atoms with Crippen molar-refractivity contribution in [3.63, 3.8) is 0 Å². The molecule has 2 heterocycles. The largest absolute Gasteiger partial charge is 0.454 e. The fourth-order valence-corrected chi connectivity index (χ4v) is 2.71. The number of nitrogens with zero attached hydrogens (tertiary/aromatic N) is 1. The maximum Gasteiger partial charge on any atom is 0.152 e. The molecule has 0 radical (unpaired) electrons. The highest BCUT2D eigenvalue weighted by atomic mass is 16.5. The van der Waals surface area contributed by atoms with E-state index in [2.05, 4.69) is 11.5 Å². The third-order valence-corrected chi connectivity index (χ3v) is 3.99. The molecule has 0 spiro atoms. The van der Waals surface area contributed by atoms with Gasteiger partial charge in [-0.25, -0.2) is 0 Å². The maximum atomic E-state index is 9.84. The van der Waals surface area contributed by atoms with Crippen LogP contribution in [0.3, 0.4) is 0 Å². The number of aliphatic hydroxyl groups is 1. The van der Waals surface area contributed by atoms with E-state index in [0.717, 1.165) is 42.8 Å². The Kier molecular flexibility index (Phi) is 4.29. The van der Waals surface area contributed by atoms with Crippen LogP contribution in [0.25, 0.3) is 17.0 Å². The number of likely N-dealkylation sites (tertiary alicyclic amines) is 1. The molecule has 1 aromatic carbocycles. The number of hydrogen-bond donors (Lipinski definition) is 3. The number of furan rings is 1. The first-order valence-electron chi connectivity index (χ1n) is 7.38. The molecule has 1 aromatic heterocycles. The second kappa shape index (κ2) is 6.36. The first-order valence-corrected chi connectivity index (χ1v) is 7.38. The number of hydroxylamine groups is 1. The topological polar surface area (TPSA) is 68.9 Å². The third-order valence-electron chi connectivity index (χ3n) is 3.99. The van der Waals surface area contributed by atoms with E-state index in [0.29, 0.717) is 11.5 Å². The number of rotatable bonds is 5. The van der Waals surface area contributed by atoms with E-state index < -0.39 is 0 Å². The van der Waals surface area contributed by atoms with Crippen LogP contribution < -0.4 is 5.48 Å². The summed E-state index contributed by atoms with van der Waals surface area (Å²) in [5.74, 6) is 1.22. The van der Waals surface area contributed by atoms with Gasteiger partial charge in [-0.1, -0.05) is 30.8 Å². The van der Waals surface area contributed by atoms with Crippen LogP contribution in [0.2, 0.25) is 0 Å². The van der Waals surface area contributed by atoms with Crippen molar-refractivity contribution >= 4 is 5.70 Å². The molecule has 1 aliphatic heterocycles. The van der Waals surface area contributed by atoms with Gasteiger partial charge in [-0.15, -0.1) is 0 Å². The van der Waals surface area contributed by atoms with Crippen LogP contribution in [0.5, 0.6) is 0 Å². The van der Waals surface area contributed by atoms with Gasteiger partial charge >= 0.3 is 0 Å². The zero-order chi connectivity index (χ0) is 15.5. The van der Waals surface area contributed by atoms with E-state index in [1.807, 2.05) is 35.8 Å². The Morgan fingerprint density at radius 2 is 2.05 bits per heavy atom. The van der Waals surface area contributed by atoms with Gasteiger partial charge in [0, 0.05) is 18.7 Å². The number of benzene rings is 1. The van der Waals surface area contributed by atoms with Crippen molar-refractivity contribution < 1.29 is 14.7 Å². The first kappa shape index (κ1) is 14.8. The lowest BCUT2D eigenvalue weighted by Crippen LogP contribution is -2.28. The summed E-state index contributed by atoms with van der Waals surface area (Å²) in [6, 6.07) is 11.7. The first-order chi connectivity index (χ1) is 10.7. The van der Waals surface area contributed by atoms with Crippen LogP contribution in [-0.2, 0) is 6.54 Å². The van der Waals surface area contributed by atoms with Crippen molar-refractivity contribution in [2.24, 2.45) is 0 Å². The van der Waals surface area contributed by atoms with Crippen molar-refractivity contribution in [3.05, 3.63) is 54.3 Å². The Balaban J connectivity index is 1.71. The molecule has 2 aromatic rings. The van der Waals surface area contributed by atoms with E-state index in [1.54, 1.807) is 6.07 Å². The monoisotopic (exact) mass is 300 g/mol. The van der Waals surface area contributed by atoms with Gasteiger partial charge in [-0.05, 0) is 30.5 Å². The molecule has 5 nitrogen and oxygen atoms in total. The summed E-state index contributed by atoms with van der Waals surface area (Å²) in [7, 11) is 0. The minimum atomic E-state index is -0.315. The highest BCUT2D eigenvalue weighted by Gasteiger charge is 2.21. The SMILES string of the molecule is C=C(NO)c1ccc(-c2ccc(CN3CCC[C@H]3O)cc2)o1. The predicted octanol–water partition coefficient (Wildman–Crippen LogP) is 2.81. The molecule has 0 unspecified atom stereocenters. The van der Waals surface area contributed by atoms with E-state index >= 15 is 0 Å². The lowest BCUT2D eigenvalue weighted by atomic mass is 10.1. The van der Waals surface area contributed by atoms with Crippen molar-refractivity contribution in [2.45, 2.75) is 25.6 Å². The van der Waals surface area contributed by atoms with E-state index in [-0.39, 0.29) is 6.23 Å². The van der Waals surface area contributed by atoms with E-state index in [9.17, 15) is 5.11 Å². The van der Waals surface area contributed by atoms with Gasteiger partial charge in [0.15, 0.2) is 5.76 Å². The van der Waals surface area contributed by atoms with Crippen LogP contribution >= 0.6 is 0 Å². The van der Waals surface area contributed by atoms with Gasteiger partial charge in [0.25, 0.3) is 0 Å². The molecule has 1 saturated heterocycles. The molecule has 1 atom stereocenters. The fourth-order valence-electron chi connectivity index (χ4n) is 2.71. The second-order valence-electron chi connectivity index (χ2n) is 5.54. The average Bonchev–Trinajstić information content (AvgIpc) is 3.17. The van der Waals surface area contributed by atoms with Crippen molar-refractivity contribution in [2.75, 3.05) is 6.54 Å². The summed E-state index contributed by atoms with van der Waals surface area (Å²) < 4.78 is 5.64. The fraction of sp³-hybridized carbons (Fsp3) is 0.294. The van der Waals surface area contributed by atoms with Gasteiger partial charge in [0.1, 0.15) is 12.0 Å². The van der Waals surface area contributed by atoms with Crippen LogP contribution in [0, 0.1) is 0 Å². The average molecular weight is 300 g/mol. The summed E-state index contributed by atoms with van der Waals surface area (Å²) in [5.41, 5.74) is 4.43. The maximum absolute atomic E-state index is 9.84. The molecule has 3 N–H and O–H groups in total. The summed E-state index contributed by atoms with van der Waals surface area (Å²) in [6.07, 6.45) is 1.59. The number of nitrogens with one attached hydrogen (secondary N) is 1. The second-order valence-corrected chi connectivity index (χ2v) is 5.54. The van der Waals surface area contributed by atoms with Gasteiger partial charge in [0.2, 0.25) is 0 Å². The van der Waals surface area contributed by atoms with Crippen LogP contribution in [0.1, 0.15) is 24.2 Å². The molecule has 0 aliphatic carbocycles. The summed E-state index contributed by atoms with van der Waals surface area (Å²) in [4.78, 5) is 2.08. The summed E-state index contributed by atoms with van der Waals surface area (Å²) >= 11 is 0. The number of hydrogen-bond acceptors (Lipinski definition) is 5. The molecule has 22 heavy (non-hydrogen) atoms. The zero-order valence-electron chi connectivity index (χ0n) is 12.3. The minimum absolute atomic E-state index is 0.315. The lowest BCUT2D eigenvalue weighted by Gasteiger charge is -2.19. The predicted molar refractivity (Wildman–Crippen MR) is 83.8 cm³/mol. The molecule has 1 fully saturated rings. The Hall–Kier alpha value is -2.08. The van der Waals surface area contributed by atoms with Crippen molar-refractivity contribution in [1.29, 1.82) is 0 Å². The third kappa shape index (κ3) is 3.06. The Morgan fingerprint density at radius 3 is 2.68 bits per heavy atom. The summed E-state index contributed by atoms with van der Waals surface area (Å²) in [6.45, 7) is 5.35. The minimum Gasteiger partial charge on any atom is -0.454 e. The van der Waals surface area contributed by atoms with Crippen molar-refractivity contribution in [1.82, 2.24) is 10.4 Å². The Labute approximate surface area is 129 Å². The van der Waals surface area contributed by atoms with Gasteiger partial charge < -0.3 is 9.52 Å². The van der Waals surface area contributed by atoms with Crippen LogP contribution in [0.15, 0.2) is 47.4 Å². The molecule has 5 heteroatoms. The highest BCUT2D eigenvalue weighted by molar-refractivity contribution is 5.63. The highest BCUT2D eigenvalue weighted by Crippen LogP contribution is 2.25. The zero-order valence-corrected chi connectivity index (χ0v) is 12.3. The Morgan fingerprint density at radius 1 is 1.27 bits per heavy atom. The van der Waals surface area contributed by atoms with Crippen LogP contribution in [0.4, 0.5) is 0 Å². The molecule has 0 saturated carbocycles. The molecule has 0 amide bonds. The van der Waals surface area contributed by atoms with Gasteiger partial charge in [0.05, 0.1) is 5.70 Å². The van der Waals surface area contributed by atoms with Gasteiger partial charge in [-0.2, -0.15) is 0 Å². The lowest BCUT2D eigenvalue weighted by molar-refractivity contribution is 0.0328. The Bertz CT molecular complexity index is 648. The normalized spacial score (nSPS) is 18.5. The van der Waals surface area contributed by atoms with Crippen molar-refractivity contribution in [3.8, 4) is 11.3 Å². The quantitative estimate of drug-likeness (QED) is 0.741. The molecule has 116 valence electrons. The van der Waals surface area contributed by atoms with Gasteiger partial charge in [-0.3, -0.25) is 15.6 Å². The molecular weight excluding hydrogens is 280 g/mol. The smallest absolute Gasteiger partial charge is 0.152 e. The number of aliphatic hydroxyl groups excluding tert-OH is 1. The molecule has 3 rings (SSSR count). The molecular formula is C17H20N2O3. The van der Waals surface area contributed by atoms with Crippen LogP contribution in [-0.4, -0.2) is 28.0 Å². The van der Waals surface area contributed by atoms with E-state index in [4.69, 9.17) is 9.62 Å². The van der Waals surface area contributed by atoms with E-state index in [1.165, 1.54) is 0 Å². The molecule has 0 bridgehead atoms. The summed E-state index contributed by atoms with van der Waals surface area (Å²) in [5, 5.41) is 18.7.